The summed E-state index contributed by atoms with van der Waals surface area (Å²) in [6, 6.07) is 6.33. The molecule has 0 spiro atoms. The Hall–Kier alpha value is -2.25. The smallest absolute Gasteiger partial charge is 0.310 e. The molecular weight excluding hydrogens is 471 g/mol. The fourth-order valence-corrected chi connectivity index (χ4v) is 4.09. The first-order chi connectivity index (χ1) is 15.0. The predicted octanol–water partition coefficient (Wildman–Crippen LogP) is 6.67. The number of halogens is 6. The predicted molar refractivity (Wildman–Crippen MR) is 112 cm³/mol. The molecule has 0 aromatic heterocycles. The number of rotatable bonds is 7. The highest BCUT2D eigenvalue weighted by Crippen LogP contribution is 2.60. The van der Waals surface area contributed by atoms with Gasteiger partial charge in [0.2, 0.25) is 0 Å². The zero-order valence-corrected chi connectivity index (χ0v) is 18.9. The van der Waals surface area contributed by atoms with Crippen LogP contribution in [0.3, 0.4) is 0 Å². The van der Waals surface area contributed by atoms with Crippen molar-refractivity contribution >= 4 is 29.2 Å². The zero-order valence-electron chi connectivity index (χ0n) is 17.4. The number of benzene rings is 2. The van der Waals surface area contributed by atoms with Crippen molar-refractivity contribution in [2.24, 2.45) is 17.3 Å². The van der Waals surface area contributed by atoms with Crippen molar-refractivity contribution in [3.8, 4) is 5.75 Å². The van der Waals surface area contributed by atoms with Gasteiger partial charge in [-0.05, 0) is 35.1 Å². The van der Waals surface area contributed by atoms with E-state index in [9.17, 15) is 22.4 Å². The van der Waals surface area contributed by atoms with Crippen molar-refractivity contribution in [2.45, 2.75) is 26.4 Å². The summed E-state index contributed by atoms with van der Waals surface area (Å²) >= 11 is 11.4. The molecule has 0 saturated heterocycles. The van der Waals surface area contributed by atoms with E-state index in [0.29, 0.717) is 11.3 Å². The van der Waals surface area contributed by atoms with E-state index in [0.717, 1.165) is 0 Å². The van der Waals surface area contributed by atoms with Gasteiger partial charge in [-0.3, -0.25) is 4.79 Å². The quantitative estimate of drug-likeness (QED) is 0.247. The van der Waals surface area contributed by atoms with Gasteiger partial charge in [0.25, 0.3) is 0 Å². The summed E-state index contributed by atoms with van der Waals surface area (Å²) < 4.78 is 66.7. The first-order valence-electron chi connectivity index (χ1n) is 9.66. The fraction of sp³-hybridized carbons (Fsp3) is 0.348. The molecule has 0 heterocycles. The highest BCUT2D eigenvalue weighted by Gasteiger charge is 2.62. The molecule has 32 heavy (non-hydrogen) atoms. The van der Waals surface area contributed by atoms with E-state index in [4.69, 9.17) is 32.7 Å². The maximum atomic E-state index is 14.3. The third-order valence-corrected chi connectivity index (χ3v) is 6.06. The van der Waals surface area contributed by atoms with Gasteiger partial charge in [0.15, 0.2) is 23.3 Å². The van der Waals surface area contributed by atoms with Crippen LogP contribution in [0.4, 0.5) is 17.6 Å². The summed E-state index contributed by atoms with van der Waals surface area (Å²) in [5.74, 6) is -7.21. The minimum Gasteiger partial charge on any atom is -0.497 e. The lowest BCUT2D eigenvalue weighted by atomic mass is 9.99. The van der Waals surface area contributed by atoms with Gasteiger partial charge >= 0.3 is 5.97 Å². The summed E-state index contributed by atoms with van der Waals surface area (Å²) in [6.45, 7) is 3.64. The molecule has 0 radical (unpaired) electrons. The number of carbonyl (C=O) groups excluding carboxylic acids is 1. The molecule has 3 atom stereocenters. The van der Waals surface area contributed by atoms with E-state index >= 15 is 0 Å². The third-order valence-electron chi connectivity index (χ3n) is 5.81. The first-order valence-corrected chi connectivity index (χ1v) is 10.4. The molecule has 1 fully saturated rings. The van der Waals surface area contributed by atoms with Gasteiger partial charge in [-0.15, -0.1) is 0 Å². The molecule has 172 valence electrons. The molecule has 3 nitrogen and oxygen atoms in total. The second-order valence-electron chi connectivity index (χ2n) is 8.13. The Kier molecular flexibility index (Phi) is 7.10. The van der Waals surface area contributed by atoms with Gasteiger partial charge in [0, 0.05) is 18.1 Å². The summed E-state index contributed by atoms with van der Waals surface area (Å²) in [7, 11) is 1.46. The molecule has 1 saturated carbocycles. The molecule has 3 unspecified atom stereocenters. The average Bonchev–Trinajstić information content (AvgIpc) is 3.27. The minimum absolute atomic E-state index is 0.00413. The lowest BCUT2D eigenvalue weighted by molar-refractivity contribution is -0.152. The second-order valence-corrected chi connectivity index (χ2v) is 9.14. The highest BCUT2D eigenvalue weighted by atomic mass is 35.5. The number of hydrogen-bond donors (Lipinski definition) is 0. The molecule has 2 aromatic rings. The monoisotopic (exact) mass is 490 g/mol. The molecule has 1 aliphatic carbocycles. The summed E-state index contributed by atoms with van der Waals surface area (Å²) in [5, 5.41) is 0. The number of allylic oxidation sites excluding steroid dienone is 1. The molecule has 0 bridgehead atoms. The molecule has 0 aliphatic heterocycles. The van der Waals surface area contributed by atoms with E-state index in [-0.39, 0.29) is 16.5 Å². The van der Waals surface area contributed by atoms with Crippen LogP contribution in [0, 0.1) is 40.5 Å². The third kappa shape index (κ3) is 4.89. The van der Waals surface area contributed by atoms with Crippen LogP contribution in [-0.2, 0) is 16.0 Å². The molecular formula is C23H20Cl2F4O3. The van der Waals surface area contributed by atoms with E-state index in [1.165, 1.54) is 25.3 Å². The van der Waals surface area contributed by atoms with Crippen LogP contribution < -0.4 is 4.74 Å². The average molecular weight is 491 g/mol. The van der Waals surface area contributed by atoms with Crippen LogP contribution in [0.1, 0.15) is 31.1 Å². The van der Waals surface area contributed by atoms with Crippen molar-refractivity contribution in [1.82, 2.24) is 0 Å². The topological polar surface area (TPSA) is 35.5 Å². The Bertz CT molecular complexity index is 1020. The summed E-state index contributed by atoms with van der Waals surface area (Å²) in [4.78, 5) is 12.9. The molecule has 1 aliphatic rings. The largest absolute Gasteiger partial charge is 0.497 e. The van der Waals surface area contributed by atoms with Crippen molar-refractivity contribution in [3.05, 3.63) is 75.3 Å². The van der Waals surface area contributed by atoms with Gasteiger partial charge in [-0.2, -0.15) is 0 Å². The molecule has 2 aromatic carbocycles. The van der Waals surface area contributed by atoms with Crippen molar-refractivity contribution in [2.75, 3.05) is 7.11 Å². The Morgan fingerprint density at radius 3 is 2.16 bits per heavy atom. The minimum atomic E-state index is -1.54. The van der Waals surface area contributed by atoms with Crippen LogP contribution in [0.25, 0.3) is 0 Å². The van der Waals surface area contributed by atoms with Crippen LogP contribution in [0.5, 0.6) is 5.75 Å². The summed E-state index contributed by atoms with van der Waals surface area (Å²) in [6.07, 6.45) is -0.307. The van der Waals surface area contributed by atoms with Gasteiger partial charge in [-0.1, -0.05) is 49.2 Å². The Balaban J connectivity index is 1.94. The maximum absolute atomic E-state index is 14.3. The van der Waals surface area contributed by atoms with Crippen LogP contribution in [0.2, 0.25) is 0 Å². The molecule has 0 amide bonds. The number of methoxy groups -OCH3 is 1. The summed E-state index contributed by atoms with van der Waals surface area (Å²) in [5.41, 5.74) is -0.993. The highest BCUT2D eigenvalue weighted by molar-refractivity contribution is 6.55. The van der Waals surface area contributed by atoms with Crippen LogP contribution in [-0.4, -0.2) is 13.1 Å². The SMILES string of the molecule is COc1ccc(C(Cc2c(F)c(F)cc(F)c2F)OC(=O)C2C(C=C(Cl)Cl)C2(C)C)cc1. The molecule has 9 heteroatoms. The van der Waals surface area contributed by atoms with Gasteiger partial charge in [-0.25, -0.2) is 17.6 Å². The Morgan fingerprint density at radius 2 is 1.66 bits per heavy atom. The van der Waals surface area contributed by atoms with E-state index in [2.05, 4.69) is 0 Å². The lowest BCUT2D eigenvalue weighted by Crippen LogP contribution is -2.19. The van der Waals surface area contributed by atoms with Crippen molar-refractivity contribution in [1.29, 1.82) is 0 Å². The normalized spacial score (nSPS) is 19.8. The number of ether oxygens (including phenoxy) is 2. The maximum Gasteiger partial charge on any atom is 0.310 e. The molecule has 0 N–H and O–H groups in total. The van der Waals surface area contributed by atoms with E-state index in [1.54, 1.807) is 12.1 Å². The number of carbonyl (C=O) groups is 1. The van der Waals surface area contributed by atoms with Gasteiger partial charge in [0.1, 0.15) is 16.3 Å². The number of esters is 1. The van der Waals surface area contributed by atoms with E-state index in [1.807, 2.05) is 13.8 Å². The van der Waals surface area contributed by atoms with Crippen LogP contribution in [0.15, 0.2) is 40.9 Å². The fourth-order valence-electron chi connectivity index (χ4n) is 3.82. The van der Waals surface area contributed by atoms with Gasteiger partial charge < -0.3 is 9.47 Å². The number of hydrogen-bond acceptors (Lipinski definition) is 3. The van der Waals surface area contributed by atoms with Crippen LogP contribution >= 0.6 is 23.2 Å². The van der Waals surface area contributed by atoms with E-state index < -0.39 is 58.7 Å². The standard InChI is InChI=1S/C23H20Cl2F4O3/c1-23(2)14(9-18(24)25)19(23)22(30)32-17(11-4-6-12(31-3)7-5-11)8-13-20(28)15(26)10-16(27)21(13)29/h4-7,9-10,14,17,19H,8H2,1-3H3. The van der Waals surface area contributed by atoms with Crippen molar-refractivity contribution in [3.63, 3.8) is 0 Å². The zero-order chi connectivity index (χ0) is 23.8. The molecule has 3 rings (SSSR count). The first kappa shape index (κ1) is 24.4. The Morgan fingerprint density at radius 1 is 1.09 bits per heavy atom. The Labute approximate surface area is 192 Å². The second kappa shape index (κ2) is 9.32. The lowest BCUT2D eigenvalue weighted by Gasteiger charge is -2.20. The van der Waals surface area contributed by atoms with Gasteiger partial charge in [0.05, 0.1) is 13.0 Å². The van der Waals surface area contributed by atoms with Crippen molar-refractivity contribution < 1.29 is 31.8 Å².